The van der Waals surface area contributed by atoms with Crippen LogP contribution in [0.1, 0.15) is 43.5 Å². The zero-order valence-corrected chi connectivity index (χ0v) is 12.4. The summed E-state index contributed by atoms with van der Waals surface area (Å²) >= 11 is 0. The van der Waals surface area contributed by atoms with E-state index in [1.807, 2.05) is 13.8 Å². The average molecular weight is 276 g/mol. The summed E-state index contributed by atoms with van der Waals surface area (Å²) in [5.41, 5.74) is 1.77. The molecule has 1 fully saturated rings. The number of hydrogen-bond donors (Lipinski definition) is 2. The number of aromatic nitrogens is 2. The Morgan fingerprint density at radius 1 is 1.30 bits per heavy atom. The monoisotopic (exact) mass is 276 g/mol. The van der Waals surface area contributed by atoms with E-state index in [4.69, 9.17) is 0 Å². The second-order valence-electron chi connectivity index (χ2n) is 5.58. The zero-order chi connectivity index (χ0) is 14.4. The van der Waals surface area contributed by atoms with Crippen LogP contribution < -0.4 is 10.6 Å². The first-order chi connectivity index (χ1) is 9.65. The minimum atomic E-state index is 0.172. The van der Waals surface area contributed by atoms with Crippen LogP contribution in [0.5, 0.6) is 0 Å². The standard InChI is InChI=1S/C15H24N4O/c1-11-10-18-12(2)15(19-11)17-8-7-16-14(20)9-13-5-3-4-6-13/h10,13H,3-9H2,1-2H3,(H,16,20)(H,17,19). The Bertz CT molecular complexity index is 455. The SMILES string of the molecule is Cc1cnc(C)c(NCCNC(=O)CC2CCCC2)n1. The van der Waals surface area contributed by atoms with Crippen molar-refractivity contribution in [2.45, 2.75) is 46.0 Å². The molecule has 110 valence electrons. The van der Waals surface area contributed by atoms with Gasteiger partial charge in [0.25, 0.3) is 0 Å². The highest BCUT2D eigenvalue weighted by Gasteiger charge is 2.17. The van der Waals surface area contributed by atoms with E-state index in [1.54, 1.807) is 6.20 Å². The number of aryl methyl sites for hydroxylation is 2. The predicted octanol–water partition coefficient (Wildman–Crippen LogP) is 2.20. The summed E-state index contributed by atoms with van der Waals surface area (Å²) < 4.78 is 0. The Morgan fingerprint density at radius 3 is 2.80 bits per heavy atom. The van der Waals surface area contributed by atoms with Gasteiger partial charge in [0.05, 0.1) is 11.4 Å². The van der Waals surface area contributed by atoms with Gasteiger partial charge in [-0.2, -0.15) is 0 Å². The molecule has 0 saturated heterocycles. The van der Waals surface area contributed by atoms with Gasteiger partial charge in [-0.3, -0.25) is 9.78 Å². The molecule has 0 aliphatic heterocycles. The largest absolute Gasteiger partial charge is 0.367 e. The fraction of sp³-hybridized carbons (Fsp3) is 0.667. The number of carbonyl (C=O) groups is 1. The molecular formula is C15H24N4O. The van der Waals surface area contributed by atoms with Crippen LogP contribution in [-0.2, 0) is 4.79 Å². The van der Waals surface area contributed by atoms with Crippen LogP contribution in [-0.4, -0.2) is 29.0 Å². The van der Waals surface area contributed by atoms with E-state index in [9.17, 15) is 4.79 Å². The molecular weight excluding hydrogens is 252 g/mol. The molecule has 1 heterocycles. The highest BCUT2D eigenvalue weighted by atomic mass is 16.1. The maximum absolute atomic E-state index is 11.8. The van der Waals surface area contributed by atoms with Crippen LogP contribution in [0.2, 0.25) is 0 Å². The maximum atomic E-state index is 11.8. The van der Waals surface area contributed by atoms with Crippen LogP contribution in [0.3, 0.4) is 0 Å². The molecule has 1 aromatic rings. The van der Waals surface area contributed by atoms with E-state index in [-0.39, 0.29) is 5.91 Å². The molecule has 0 atom stereocenters. The van der Waals surface area contributed by atoms with Crippen LogP contribution in [0, 0.1) is 19.8 Å². The van der Waals surface area contributed by atoms with Crippen molar-refractivity contribution in [1.29, 1.82) is 0 Å². The van der Waals surface area contributed by atoms with E-state index < -0.39 is 0 Å². The van der Waals surface area contributed by atoms with Gasteiger partial charge in [0.1, 0.15) is 5.82 Å². The smallest absolute Gasteiger partial charge is 0.220 e. The van der Waals surface area contributed by atoms with Crippen molar-refractivity contribution in [2.24, 2.45) is 5.92 Å². The molecule has 5 nitrogen and oxygen atoms in total. The van der Waals surface area contributed by atoms with Crippen LogP contribution in [0.15, 0.2) is 6.20 Å². The molecule has 1 aliphatic rings. The highest BCUT2D eigenvalue weighted by molar-refractivity contribution is 5.76. The van der Waals surface area contributed by atoms with Crippen molar-refractivity contribution in [3.63, 3.8) is 0 Å². The van der Waals surface area contributed by atoms with Gasteiger partial charge in [-0.05, 0) is 32.6 Å². The van der Waals surface area contributed by atoms with Crippen LogP contribution in [0.25, 0.3) is 0 Å². The lowest BCUT2D eigenvalue weighted by Gasteiger charge is -2.11. The Kier molecular flexibility index (Phi) is 5.32. The maximum Gasteiger partial charge on any atom is 0.220 e. The minimum absolute atomic E-state index is 0.172. The van der Waals surface area contributed by atoms with Gasteiger partial charge in [-0.1, -0.05) is 12.8 Å². The molecule has 2 N–H and O–H groups in total. The summed E-state index contributed by atoms with van der Waals surface area (Å²) in [6.07, 6.45) is 7.43. The summed E-state index contributed by atoms with van der Waals surface area (Å²) in [4.78, 5) is 20.4. The van der Waals surface area contributed by atoms with Gasteiger partial charge in [-0.25, -0.2) is 4.98 Å². The molecule has 2 rings (SSSR count). The van der Waals surface area contributed by atoms with Crippen molar-refractivity contribution in [3.8, 4) is 0 Å². The number of anilines is 1. The third kappa shape index (κ3) is 4.47. The van der Waals surface area contributed by atoms with Crippen molar-refractivity contribution in [3.05, 3.63) is 17.6 Å². The van der Waals surface area contributed by atoms with Gasteiger partial charge in [0.2, 0.25) is 5.91 Å². The molecule has 1 aromatic heterocycles. The van der Waals surface area contributed by atoms with Crippen molar-refractivity contribution >= 4 is 11.7 Å². The predicted molar refractivity (Wildman–Crippen MR) is 79.6 cm³/mol. The molecule has 0 radical (unpaired) electrons. The Morgan fingerprint density at radius 2 is 2.05 bits per heavy atom. The Balaban J connectivity index is 1.65. The molecule has 1 amide bonds. The summed E-state index contributed by atoms with van der Waals surface area (Å²) in [5.74, 6) is 1.58. The van der Waals surface area contributed by atoms with E-state index in [1.165, 1.54) is 25.7 Å². The molecule has 0 bridgehead atoms. The second kappa shape index (κ2) is 7.22. The van der Waals surface area contributed by atoms with Gasteiger partial charge in [0, 0.05) is 25.7 Å². The minimum Gasteiger partial charge on any atom is -0.367 e. The second-order valence-corrected chi connectivity index (χ2v) is 5.58. The summed E-state index contributed by atoms with van der Waals surface area (Å²) in [5, 5.41) is 6.18. The average Bonchev–Trinajstić information content (AvgIpc) is 2.91. The van der Waals surface area contributed by atoms with Crippen molar-refractivity contribution in [1.82, 2.24) is 15.3 Å². The third-order valence-electron chi connectivity index (χ3n) is 3.76. The first-order valence-electron chi connectivity index (χ1n) is 7.46. The molecule has 5 heteroatoms. The fourth-order valence-corrected chi connectivity index (χ4v) is 2.64. The first-order valence-corrected chi connectivity index (χ1v) is 7.46. The quantitative estimate of drug-likeness (QED) is 0.782. The third-order valence-corrected chi connectivity index (χ3v) is 3.76. The normalized spacial score (nSPS) is 15.3. The number of amides is 1. The Labute approximate surface area is 120 Å². The summed E-state index contributed by atoms with van der Waals surface area (Å²) in [6, 6.07) is 0. The molecule has 0 aromatic carbocycles. The molecule has 20 heavy (non-hydrogen) atoms. The lowest BCUT2D eigenvalue weighted by molar-refractivity contribution is -0.121. The van der Waals surface area contributed by atoms with Gasteiger partial charge in [-0.15, -0.1) is 0 Å². The van der Waals surface area contributed by atoms with E-state index in [0.29, 0.717) is 25.4 Å². The van der Waals surface area contributed by atoms with Gasteiger partial charge in [0.15, 0.2) is 0 Å². The summed E-state index contributed by atoms with van der Waals surface area (Å²) in [7, 11) is 0. The van der Waals surface area contributed by atoms with Crippen molar-refractivity contribution < 1.29 is 4.79 Å². The molecule has 0 unspecified atom stereocenters. The van der Waals surface area contributed by atoms with E-state index in [2.05, 4.69) is 20.6 Å². The lowest BCUT2D eigenvalue weighted by Crippen LogP contribution is -2.30. The fourth-order valence-electron chi connectivity index (χ4n) is 2.64. The van der Waals surface area contributed by atoms with Crippen molar-refractivity contribution in [2.75, 3.05) is 18.4 Å². The van der Waals surface area contributed by atoms with Crippen LogP contribution >= 0.6 is 0 Å². The number of nitrogens with zero attached hydrogens (tertiary/aromatic N) is 2. The van der Waals surface area contributed by atoms with Gasteiger partial charge >= 0.3 is 0 Å². The van der Waals surface area contributed by atoms with E-state index >= 15 is 0 Å². The number of hydrogen-bond acceptors (Lipinski definition) is 4. The van der Waals surface area contributed by atoms with E-state index in [0.717, 1.165) is 17.2 Å². The first kappa shape index (κ1) is 14.8. The molecule has 0 spiro atoms. The summed E-state index contributed by atoms with van der Waals surface area (Å²) in [6.45, 7) is 5.14. The van der Waals surface area contributed by atoms with Gasteiger partial charge < -0.3 is 10.6 Å². The lowest BCUT2D eigenvalue weighted by atomic mass is 10.0. The van der Waals surface area contributed by atoms with Crippen LogP contribution in [0.4, 0.5) is 5.82 Å². The topological polar surface area (TPSA) is 66.9 Å². The molecule has 1 saturated carbocycles. The zero-order valence-electron chi connectivity index (χ0n) is 12.4. The highest BCUT2D eigenvalue weighted by Crippen LogP contribution is 2.27. The number of carbonyl (C=O) groups excluding carboxylic acids is 1. The molecule has 1 aliphatic carbocycles. The number of rotatable bonds is 6. The Hall–Kier alpha value is -1.65. The number of nitrogens with one attached hydrogen (secondary N) is 2.